The molecule has 0 aliphatic heterocycles. The van der Waals surface area contributed by atoms with E-state index in [1.165, 1.54) is 6.42 Å². The highest BCUT2D eigenvalue weighted by Gasteiger charge is 2.24. The molecule has 21 heavy (non-hydrogen) atoms. The Morgan fingerprint density at radius 2 is 2.14 bits per heavy atom. The number of nitrogens with zero attached hydrogens (tertiary/aromatic N) is 5. The van der Waals surface area contributed by atoms with Crippen molar-refractivity contribution in [1.29, 1.82) is 0 Å². The van der Waals surface area contributed by atoms with E-state index in [0.717, 1.165) is 12.8 Å². The Kier molecular flexibility index (Phi) is 4.20. The van der Waals surface area contributed by atoms with Crippen LogP contribution in [0.1, 0.15) is 19.3 Å². The summed E-state index contributed by atoms with van der Waals surface area (Å²) in [6.07, 6.45) is 10.7. The number of thioether (sulfide) groups is 1. The SMILES string of the molecule is CSC1CCC(Nc2nc(NN)nc(-n3ccnc3)n2)C1. The minimum atomic E-state index is 0.329. The maximum Gasteiger partial charge on any atom is 0.243 e. The minimum Gasteiger partial charge on any atom is -0.351 e. The highest BCUT2D eigenvalue weighted by atomic mass is 32.2. The van der Waals surface area contributed by atoms with Crippen LogP contribution >= 0.6 is 11.8 Å². The summed E-state index contributed by atoms with van der Waals surface area (Å²) in [6.45, 7) is 0. The summed E-state index contributed by atoms with van der Waals surface area (Å²) in [5.41, 5.74) is 2.47. The second-order valence-corrected chi connectivity index (χ2v) is 6.05. The molecule has 0 aromatic carbocycles. The van der Waals surface area contributed by atoms with Crippen molar-refractivity contribution < 1.29 is 0 Å². The number of hydrogen-bond acceptors (Lipinski definition) is 8. The maximum absolute atomic E-state index is 5.43. The largest absolute Gasteiger partial charge is 0.351 e. The number of nitrogens with two attached hydrogens (primary N) is 1. The van der Waals surface area contributed by atoms with Crippen LogP contribution in [0.2, 0.25) is 0 Å². The van der Waals surface area contributed by atoms with Crippen LogP contribution in [0.5, 0.6) is 0 Å². The van der Waals surface area contributed by atoms with Crippen LogP contribution in [0.15, 0.2) is 18.7 Å². The van der Waals surface area contributed by atoms with Crippen molar-refractivity contribution >= 4 is 23.7 Å². The van der Waals surface area contributed by atoms with Crippen molar-refractivity contribution in [2.75, 3.05) is 17.0 Å². The predicted octanol–water partition coefficient (Wildman–Crippen LogP) is 1.04. The monoisotopic (exact) mass is 306 g/mol. The molecule has 0 amide bonds. The number of hydrazine groups is 1. The van der Waals surface area contributed by atoms with Gasteiger partial charge in [-0.25, -0.2) is 10.8 Å². The third-order valence-corrected chi connectivity index (χ3v) is 4.63. The van der Waals surface area contributed by atoms with E-state index in [4.69, 9.17) is 5.84 Å². The van der Waals surface area contributed by atoms with Crippen molar-refractivity contribution in [3.63, 3.8) is 0 Å². The molecule has 1 aliphatic rings. The molecule has 2 unspecified atom stereocenters. The van der Waals surface area contributed by atoms with Crippen LogP contribution in [0.25, 0.3) is 5.95 Å². The van der Waals surface area contributed by atoms with Gasteiger partial charge in [-0.15, -0.1) is 0 Å². The summed E-state index contributed by atoms with van der Waals surface area (Å²) in [6, 6.07) is 0.395. The molecule has 9 heteroatoms. The van der Waals surface area contributed by atoms with Gasteiger partial charge in [-0.1, -0.05) is 0 Å². The number of hydrogen-bond donors (Lipinski definition) is 3. The van der Waals surface area contributed by atoms with Gasteiger partial charge in [0.25, 0.3) is 0 Å². The number of rotatable bonds is 5. The average Bonchev–Trinajstić information content (AvgIpc) is 3.18. The third kappa shape index (κ3) is 3.24. The number of nitrogens with one attached hydrogen (secondary N) is 2. The molecule has 1 aliphatic carbocycles. The Morgan fingerprint density at radius 1 is 1.29 bits per heavy atom. The molecular formula is C12H18N8S. The zero-order valence-corrected chi connectivity index (χ0v) is 12.5. The molecule has 8 nitrogen and oxygen atoms in total. The molecule has 0 radical (unpaired) electrons. The topological polar surface area (TPSA) is 107 Å². The lowest BCUT2D eigenvalue weighted by Crippen LogP contribution is -2.21. The van der Waals surface area contributed by atoms with Crippen LogP contribution in [-0.2, 0) is 0 Å². The lowest BCUT2D eigenvalue weighted by molar-refractivity contribution is 0.740. The Labute approximate surface area is 127 Å². The second kappa shape index (κ2) is 6.27. The standard InChI is InChI=1S/C12H18N8S/c1-21-9-3-2-8(6-9)15-10-16-11(19-13)18-12(17-10)20-5-4-14-7-20/h4-5,7-9H,2-3,6,13H2,1H3,(H2,15,16,17,18,19). The van der Waals surface area contributed by atoms with Gasteiger partial charge >= 0.3 is 0 Å². The third-order valence-electron chi connectivity index (χ3n) is 3.54. The van der Waals surface area contributed by atoms with E-state index in [2.05, 4.69) is 36.9 Å². The number of anilines is 2. The molecule has 1 fully saturated rings. The molecule has 0 bridgehead atoms. The molecule has 0 spiro atoms. The van der Waals surface area contributed by atoms with E-state index in [-0.39, 0.29) is 0 Å². The van der Waals surface area contributed by atoms with Gasteiger partial charge in [-0.2, -0.15) is 26.7 Å². The molecule has 4 N–H and O–H groups in total. The van der Waals surface area contributed by atoms with Crippen molar-refractivity contribution in [2.45, 2.75) is 30.6 Å². The molecule has 3 rings (SSSR count). The van der Waals surface area contributed by atoms with Gasteiger partial charge < -0.3 is 5.32 Å². The van der Waals surface area contributed by atoms with Crippen molar-refractivity contribution in [3.05, 3.63) is 18.7 Å². The van der Waals surface area contributed by atoms with E-state index in [1.54, 1.807) is 23.3 Å². The van der Waals surface area contributed by atoms with E-state index >= 15 is 0 Å². The highest BCUT2D eigenvalue weighted by Crippen LogP contribution is 2.29. The van der Waals surface area contributed by atoms with Gasteiger partial charge in [0.1, 0.15) is 6.33 Å². The number of nitrogen functional groups attached to an aromatic ring is 1. The molecule has 2 aromatic heterocycles. The van der Waals surface area contributed by atoms with Crippen LogP contribution in [0.3, 0.4) is 0 Å². The summed E-state index contributed by atoms with van der Waals surface area (Å²) in [7, 11) is 0. The minimum absolute atomic E-state index is 0.329. The zero-order valence-electron chi connectivity index (χ0n) is 11.7. The first-order valence-corrected chi connectivity index (χ1v) is 8.07. The van der Waals surface area contributed by atoms with Gasteiger partial charge in [-0.05, 0) is 25.5 Å². The molecular weight excluding hydrogens is 288 g/mol. The summed E-state index contributed by atoms with van der Waals surface area (Å²) < 4.78 is 1.72. The summed E-state index contributed by atoms with van der Waals surface area (Å²) in [4.78, 5) is 16.9. The van der Waals surface area contributed by atoms with Gasteiger partial charge in [0, 0.05) is 23.7 Å². The smallest absolute Gasteiger partial charge is 0.243 e. The van der Waals surface area contributed by atoms with Crippen LogP contribution in [0, 0.1) is 0 Å². The average molecular weight is 306 g/mol. The molecule has 2 atom stereocenters. The second-order valence-electron chi connectivity index (χ2n) is 4.91. The Bertz CT molecular complexity index is 587. The van der Waals surface area contributed by atoms with E-state index in [0.29, 0.717) is 29.1 Å². The Morgan fingerprint density at radius 3 is 2.81 bits per heavy atom. The van der Waals surface area contributed by atoms with Crippen molar-refractivity contribution in [3.8, 4) is 5.95 Å². The molecule has 1 saturated carbocycles. The fraction of sp³-hybridized carbons (Fsp3) is 0.500. The number of imidazole rings is 1. The quantitative estimate of drug-likeness (QED) is 0.555. The van der Waals surface area contributed by atoms with Gasteiger partial charge in [0.2, 0.25) is 17.8 Å². The van der Waals surface area contributed by atoms with Crippen LogP contribution in [0.4, 0.5) is 11.9 Å². The summed E-state index contributed by atoms with van der Waals surface area (Å²) in [5.74, 6) is 6.78. The van der Waals surface area contributed by atoms with Crippen molar-refractivity contribution in [1.82, 2.24) is 24.5 Å². The first-order chi connectivity index (χ1) is 10.3. The summed E-state index contributed by atoms with van der Waals surface area (Å²) >= 11 is 1.92. The molecule has 2 aromatic rings. The van der Waals surface area contributed by atoms with Crippen molar-refractivity contribution in [2.24, 2.45) is 5.84 Å². The fourth-order valence-electron chi connectivity index (χ4n) is 2.45. The fourth-order valence-corrected chi connectivity index (χ4v) is 3.25. The van der Waals surface area contributed by atoms with E-state index in [9.17, 15) is 0 Å². The number of aromatic nitrogens is 5. The molecule has 2 heterocycles. The van der Waals surface area contributed by atoms with Gasteiger partial charge in [0.15, 0.2) is 0 Å². The van der Waals surface area contributed by atoms with E-state index < -0.39 is 0 Å². The normalized spacial score (nSPS) is 21.4. The molecule has 112 valence electrons. The Balaban J connectivity index is 1.80. The maximum atomic E-state index is 5.43. The highest BCUT2D eigenvalue weighted by molar-refractivity contribution is 7.99. The van der Waals surface area contributed by atoms with E-state index in [1.807, 2.05) is 11.8 Å². The first-order valence-electron chi connectivity index (χ1n) is 6.79. The van der Waals surface area contributed by atoms with Gasteiger partial charge in [0.05, 0.1) is 0 Å². The van der Waals surface area contributed by atoms with Crippen LogP contribution in [-0.4, -0.2) is 42.1 Å². The van der Waals surface area contributed by atoms with Crippen LogP contribution < -0.4 is 16.6 Å². The lowest BCUT2D eigenvalue weighted by Gasteiger charge is -2.14. The van der Waals surface area contributed by atoms with Gasteiger partial charge in [-0.3, -0.25) is 9.99 Å². The lowest BCUT2D eigenvalue weighted by atomic mass is 10.2. The molecule has 0 saturated heterocycles. The summed E-state index contributed by atoms with van der Waals surface area (Å²) in [5, 5.41) is 4.09. The zero-order chi connectivity index (χ0) is 14.7. The first kappa shape index (κ1) is 14.1. The Hall–Kier alpha value is -1.87. The predicted molar refractivity (Wildman–Crippen MR) is 83.3 cm³/mol.